The van der Waals surface area contributed by atoms with Crippen molar-refractivity contribution in [1.82, 2.24) is 4.31 Å². The minimum Gasteiger partial charge on any atom is -0.468 e. The van der Waals surface area contributed by atoms with E-state index in [-0.39, 0.29) is 17.5 Å². The van der Waals surface area contributed by atoms with Crippen molar-refractivity contribution in [3.8, 4) is 0 Å². The Hall–Kier alpha value is -1.63. The molecule has 2 rings (SSSR count). The Kier molecular flexibility index (Phi) is 4.82. The minimum atomic E-state index is -3.54. The molecule has 0 saturated carbocycles. The van der Waals surface area contributed by atoms with Crippen molar-refractivity contribution < 1.29 is 12.8 Å². The molecule has 1 aromatic carbocycles. The van der Waals surface area contributed by atoms with E-state index in [2.05, 4.69) is 0 Å². The molecule has 0 aliphatic carbocycles. The van der Waals surface area contributed by atoms with Crippen molar-refractivity contribution in [2.24, 2.45) is 5.73 Å². The summed E-state index contributed by atoms with van der Waals surface area (Å²) in [6, 6.07) is 10.1. The van der Waals surface area contributed by atoms with Crippen molar-refractivity contribution in [3.05, 3.63) is 54.0 Å². The van der Waals surface area contributed by atoms with Gasteiger partial charge in [0, 0.05) is 12.6 Å². The predicted octanol–water partition coefficient (Wildman–Crippen LogP) is 2.51. The van der Waals surface area contributed by atoms with E-state index in [0.29, 0.717) is 12.3 Å². The highest BCUT2D eigenvalue weighted by atomic mass is 32.2. The van der Waals surface area contributed by atoms with Gasteiger partial charge >= 0.3 is 0 Å². The molecule has 2 N–H and O–H groups in total. The van der Waals surface area contributed by atoms with Crippen LogP contribution in [0, 0.1) is 0 Å². The molecule has 0 radical (unpaired) electrons. The van der Waals surface area contributed by atoms with Gasteiger partial charge in [-0.15, -0.1) is 0 Å². The summed E-state index contributed by atoms with van der Waals surface area (Å²) in [5.41, 5.74) is 6.68. The molecule has 0 amide bonds. The van der Waals surface area contributed by atoms with Crippen LogP contribution in [0.5, 0.6) is 0 Å². The largest absolute Gasteiger partial charge is 0.468 e. The molecule has 5 nitrogen and oxygen atoms in total. The van der Waals surface area contributed by atoms with Gasteiger partial charge in [-0.1, -0.05) is 19.1 Å². The molecule has 114 valence electrons. The molecule has 1 atom stereocenters. The summed E-state index contributed by atoms with van der Waals surface area (Å²) in [4.78, 5) is 0.264. The molecule has 0 aliphatic rings. The molecule has 1 heterocycles. The van der Waals surface area contributed by atoms with Gasteiger partial charge in [0.1, 0.15) is 5.76 Å². The van der Waals surface area contributed by atoms with Gasteiger partial charge in [0.25, 0.3) is 0 Å². The molecular weight excluding hydrogens is 288 g/mol. The first-order valence-corrected chi connectivity index (χ1v) is 8.27. The Labute approximate surface area is 125 Å². The van der Waals surface area contributed by atoms with Crippen LogP contribution in [0.15, 0.2) is 52.0 Å². The molecule has 0 fully saturated rings. The first-order valence-electron chi connectivity index (χ1n) is 6.83. The van der Waals surface area contributed by atoms with E-state index in [9.17, 15) is 8.42 Å². The molecule has 2 aromatic rings. The first kappa shape index (κ1) is 15.8. The Morgan fingerprint density at radius 1 is 1.24 bits per heavy atom. The molecule has 1 unspecified atom stereocenters. The van der Waals surface area contributed by atoms with Gasteiger partial charge in [-0.25, -0.2) is 8.42 Å². The van der Waals surface area contributed by atoms with Crippen molar-refractivity contribution in [1.29, 1.82) is 0 Å². The van der Waals surface area contributed by atoms with E-state index in [4.69, 9.17) is 10.2 Å². The van der Waals surface area contributed by atoms with Crippen LogP contribution in [-0.4, -0.2) is 19.3 Å². The van der Waals surface area contributed by atoms with Crippen molar-refractivity contribution >= 4 is 10.0 Å². The lowest BCUT2D eigenvalue weighted by molar-refractivity contribution is 0.375. The Morgan fingerprint density at radius 2 is 1.90 bits per heavy atom. The summed E-state index contributed by atoms with van der Waals surface area (Å²) in [7, 11) is -3.54. The highest BCUT2D eigenvalue weighted by Crippen LogP contribution is 2.20. The van der Waals surface area contributed by atoms with Crippen molar-refractivity contribution in [2.45, 2.75) is 31.3 Å². The zero-order chi connectivity index (χ0) is 15.5. The third kappa shape index (κ3) is 3.53. The van der Waals surface area contributed by atoms with E-state index in [1.165, 1.54) is 10.6 Å². The monoisotopic (exact) mass is 308 g/mol. The lowest BCUT2D eigenvalue weighted by atomic mass is 10.1. The maximum absolute atomic E-state index is 12.6. The molecule has 0 bridgehead atoms. The smallest absolute Gasteiger partial charge is 0.243 e. The maximum Gasteiger partial charge on any atom is 0.243 e. The standard InChI is InChI=1S/C15H20N2O3S/c1-3-17(11-14-5-4-10-20-14)21(18,19)15-8-6-13(7-9-15)12(2)16/h4-10,12H,3,11,16H2,1-2H3. The summed E-state index contributed by atoms with van der Waals surface area (Å²) in [6.07, 6.45) is 1.53. The lowest BCUT2D eigenvalue weighted by Gasteiger charge is -2.19. The second-order valence-electron chi connectivity index (χ2n) is 4.87. The Balaban J connectivity index is 2.26. The highest BCUT2D eigenvalue weighted by Gasteiger charge is 2.24. The van der Waals surface area contributed by atoms with Gasteiger partial charge in [0.2, 0.25) is 10.0 Å². The van der Waals surface area contributed by atoms with E-state index in [1.807, 2.05) is 6.92 Å². The number of rotatable bonds is 6. The van der Waals surface area contributed by atoms with Crippen LogP contribution in [0.3, 0.4) is 0 Å². The average molecular weight is 308 g/mol. The van der Waals surface area contributed by atoms with Crippen LogP contribution in [0.4, 0.5) is 0 Å². The molecule has 21 heavy (non-hydrogen) atoms. The summed E-state index contributed by atoms with van der Waals surface area (Å²) in [5.74, 6) is 0.618. The second kappa shape index (κ2) is 6.43. The Morgan fingerprint density at radius 3 is 2.38 bits per heavy atom. The summed E-state index contributed by atoms with van der Waals surface area (Å²) in [5, 5.41) is 0. The number of furan rings is 1. The van der Waals surface area contributed by atoms with E-state index < -0.39 is 10.0 Å². The molecule has 0 saturated heterocycles. The van der Waals surface area contributed by atoms with Crippen molar-refractivity contribution in [2.75, 3.05) is 6.54 Å². The van der Waals surface area contributed by atoms with E-state index >= 15 is 0 Å². The van der Waals surface area contributed by atoms with Gasteiger partial charge in [-0.2, -0.15) is 4.31 Å². The SMILES string of the molecule is CCN(Cc1ccco1)S(=O)(=O)c1ccc(C(C)N)cc1. The van der Waals surface area contributed by atoms with Crippen molar-refractivity contribution in [3.63, 3.8) is 0 Å². The second-order valence-corrected chi connectivity index (χ2v) is 6.81. The molecule has 0 aliphatic heterocycles. The lowest BCUT2D eigenvalue weighted by Crippen LogP contribution is -2.30. The molecular formula is C15H20N2O3S. The van der Waals surface area contributed by atoms with Crippen LogP contribution < -0.4 is 5.73 Å². The summed E-state index contributed by atoms with van der Waals surface area (Å²) < 4.78 is 31.9. The number of hydrogen-bond acceptors (Lipinski definition) is 4. The zero-order valence-corrected chi connectivity index (χ0v) is 13.0. The molecule has 6 heteroatoms. The van der Waals surface area contributed by atoms with Gasteiger partial charge in [0.15, 0.2) is 0 Å². The maximum atomic E-state index is 12.6. The number of nitrogens with zero attached hydrogens (tertiary/aromatic N) is 1. The topological polar surface area (TPSA) is 76.5 Å². The minimum absolute atomic E-state index is 0.118. The predicted molar refractivity (Wildman–Crippen MR) is 81.0 cm³/mol. The molecule has 1 aromatic heterocycles. The summed E-state index contributed by atoms with van der Waals surface area (Å²) in [6.45, 7) is 4.26. The van der Waals surface area contributed by atoms with E-state index in [1.54, 1.807) is 43.3 Å². The van der Waals surface area contributed by atoms with Gasteiger partial charge in [-0.3, -0.25) is 0 Å². The fraction of sp³-hybridized carbons (Fsp3) is 0.333. The van der Waals surface area contributed by atoms with Crippen LogP contribution in [0.25, 0.3) is 0 Å². The fourth-order valence-electron chi connectivity index (χ4n) is 2.04. The average Bonchev–Trinajstić information content (AvgIpc) is 2.97. The Bertz CT molecular complexity index is 661. The van der Waals surface area contributed by atoms with E-state index in [0.717, 1.165) is 5.56 Å². The van der Waals surface area contributed by atoms with Crippen LogP contribution in [-0.2, 0) is 16.6 Å². The molecule has 0 spiro atoms. The quantitative estimate of drug-likeness (QED) is 0.889. The zero-order valence-electron chi connectivity index (χ0n) is 12.2. The number of hydrogen-bond donors (Lipinski definition) is 1. The third-order valence-corrected chi connectivity index (χ3v) is 5.24. The van der Waals surface area contributed by atoms with Gasteiger partial charge < -0.3 is 10.2 Å². The number of nitrogens with two attached hydrogens (primary N) is 1. The fourth-order valence-corrected chi connectivity index (χ4v) is 3.45. The number of sulfonamides is 1. The van der Waals surface area contributed by atoms with Crippen LogP contribution in [0.1, 0.15) is 31.2 Å². The van der Waals surface area contributed by atoms with Crippen LogP contribution in [0.2, 0.25) is 0 Å². The van der Waals surface area contributed by atoms with Gasteiger partial charge in [-0.05, 0) is 36.8 Å². The van der Waals surface area contributed by atoms with Crippen LogP contribution >= 0.6 is 0 Å². The third-order valence-electron chi connectivity index (χ3n) is 3.31. The first-order chi connectivity index (χ1) is 9.95. The normalized spacial score (nSPS) is 13.5. The summed E-state index contributed by atoms with van der Waals surface area (Å²) >= 11 is 0. The van der Waals surface area contributed by atoms with Gasteiger partial charge in [0.05, 0.1) is 17.7 Å². The number of benzene rings is 1. The highest BCUT2D eigenvalue weighted by molar-refractivity contribution is 7.89.